The lowest BCUT2D eigenvalue weighted by Crippen LogP contribution is -2.09. The van der Waals surface area contributed by atoms with Gasteiger partial charge in [0.1, 0.15) is 5.75 Å². The van der Waals surface area contributed by atoms with E-state index in [0.717, 1.165) is 18.6 Å². The van der Waals surface area contributed by atoms with Crippen LogP contribution in [0.4, 0.5) is 11.4 Å². The summed E-state index contributed by atoms with van der Waals surface area (Å²) in [5, 5.41) is 12.4. The fraction of sp³-hybridized carbons (Fsp3) is 0.235. The second kappa shape index (κ2) is 5.97. The molecule has 0 radical (unpaired) electrons. The van der Waals surface area contributed by atoms with Crippen LogP contribution in [0, 0.1) is 0 Å². The number of unbranched alkanes of at least 4 members (excludes halogenated alkanes) is 1. The monoisotopic (exact) mass is 299 g/mol. The van der Waals surface area contributed by atoms with Crippen LogP contribution in [-0.4, -0.2) is 17.7 Å². The summed E-state index contributed by atoms with van der Waals surface area (Å²) in [5.41, 5.74) is 1.35. The third-order valence-electron chi connectivity index (χ3n) is 3.45. The number of hydrogen-bond acceptors (Lipinski definition) is 4. The van der Waals surface area contributed by atoms with E-state index in [1.807, 2.05) is 18.2 Å². The number of anilines is 2. The molecule has 5 heteroatoms. The fourth-order valence-corrected chi connectivity index (χ4v) is 2.30. The lowest BCUT2D eigenvalue weighted by molar-refractivity contribution is 0.0697. The highest BCUT2D eigenvalue weighted by Crippen LogP contribution is 2.44. The first-order valence-corrected chi connectivity index (χ1v) is 7.27. The van der Waals surface area contributed by atoms with E-state index >= 15 is 0 Å². The molecule has 5 nitrogen and oxygen atoms in total. The molecule has 2 aromatic carbocycles. The number of hydrogen-bond donors (Lipinski definition) is 2. The maximum absolute atomic E-state index is 11.3. The Morgan fingerprint density at radius 2 is 2.14 bits per heavy atom. The Bertz CT molecular complexity index is 712. The number of carboxylic acid groups (broad SMARTS) is 1. The van der Waals surface area contributed by atoms with Crippen LogP contribution in [0.5, 0.6) is 17.2 Å². The third-order valence-corrected chi connectivity index (χ3v) is 3.45. The Labute approximate surface area is 128 Å². The van der Waals surface area contributed by atoms with Crippen molar-refractivity contribution in [3.8, 4) is 17.2 Å². The Morgan fingerprint density at radius 1 is 1.27 bits per heavy atom. The first kappa shape index (κ1) is 14.3. The minimum absolute atomic E-state index is 0.181. The Hall–Kier alpha value is -2.69. The average Bonchev–Trinajstić information content (AvgIpc) is 2.52. The summed E-state index contributed by atoms with van der Waals surface area (Å²) >= 11 is 0. The van der Waals surface area contributed by atoms with E-state index in [1.54, 1.807) is 18.2 Å². The molecule has 1 aliphatic rings. The van der Waals surface area contributed by atoms with Crippen molar-refractivity contribution in [2.75, 3.05) is 11.9 Å². The number of aromatic carboxylic acids is 1. The number of carboxylic acids is 1. The number of benzene rings is 2. The number of fused-ring (bicyclic) bond motifs is 2. The van der Waals surface area contributed by atoms with Crippen molar-refractivity contribution in [3.05, 3.63) is 42.0 Å². The van der Waals surface area contributed by atoms with Gasteiger partial charge in [-0.1, -0.05) is 19.4 Å². The van der Waals surface area contributed by atoms with Crippen LogP contribution >= 0.6 is 0 Å². The standard InChI is InChI=1S/C17H17NO4/c1-2-3-9-21-11-7-8-14-13(10-11)18-16-12(17(19)20)5-4-6-15(16)22-14/h4-8,10,18H,2-3,9H2,1H3,(H,19,20). The van der Waals surface area contributed by atoms with Crippen LogP contribution < -0.4 is 14.8 Å². The second-order valence-corrected chi connectivity index (χ2v) is 5.07. The molecule has 22 heavy (non-hydrogen) atoms. The van der Waals surface area contributed by atoms with E-state index in [2.05, 4.69) is 12.2 Å². The summed E-state index contributed by atoms with van der Waals surface area (Å²) in [4.78, 5) is 11.3. The molecule has 0 bridgehead atoms. The fourth-order valence-electron chi connectivity index (χ4n) is 2.30. The molecule has 0 aromatic heterocycles. The van der Waals surface area contributed by atoms with E-state index in [1.165, 1.54) is 0 Å². The van der Waals surface area contributed by atoms with Gasteiger partial charge in [0.15, 0.2) is 11.5 Å². The number of para-hydroxylation sites is 1. The zero-order valence-corrected chi connectivity index (χ0v) is 12.3. The summed E-state index contributed by atoms with van der Waals surface area (Å²) in [5.74, 6) is 0.899. The smallest absolute Gasteiger partial charge is 0.337 e. The quantitative estimate of drug-likeness (QED) is 0.683. The van der Waals surface area contributed by atoms with Gasteiger partial charge in [0.05, 0.1) is 23.5 Å². The molecule has 0 saturated heterocycles. The van der Waals surface area contributed by atoms with Crippen molar-refractivity contribution >= 4 is 17.3 Å². The SMILES string of the molecule is CCCCOc1ccc2c(c1)Nc1c(cccc1C(=O)O)O2. The van der Waals surface area contributed by atoms with Crippen molar-refractivity contribution in [1.29, 1.82) is 0 Å². The van der Waals surface area contributed by atoms with Crippen molar-refractivity contribution in [1.82, 2.24) is 0 Å². The summed E-state index contributed by atoms with van der Waals surface area (Å²) in [6.45, 7) is 2.77. The zero-order chi connectivity index (χ0) is 15.5. The van der Waals surface area contributed by atoms with Gasteiger partial charge >= 0.3 is 5.97 Å². The van der Waals surface area contributed by atoms with E-state index in [9.17, 15) is 9.90 Å². The van der Waals surface area contributed by atoms with Crippen LogP contribution in [0.3, 0.4) is 0 Å². The van der Waals surface area contributed by atoms with Gasteiger partial charge in [-0.05, 0) is 30.7 Å². The zero-order valence-electron chi connectivity index (χ0n) is 12.3. The molecule has 0 aliphatic carbocycles. The van der Waals surface area contributed by atoms with Gasteiger partial charge in [-0.3, -0.25) is 0 Å². The number of nitrogens with one attached hydrogen (secondary N) is 1. The van der Waals surface area contributed by atoms with Crippen LogP contribution in [0.2, 0.25) is 0 Å². The van der Waals surface area contributed by atoms with E-state index in [-0.39, 0.29) is 5.56 Å². The molecule has 0 spiro atoms. The molecule has 114 valence electrons. The topological polar surface area (TPSA) is 67.8 Å². The van der Waals surface area contributed by atoms with Crippen LogP contribution in [0.25, 0.3) is 0 Å². The molecule has 3 rings (SSSR count). The molecule has 0 saturated carbocycles. The highest BCUT2D eigenvalue weighted by atomic mass is 16.5. The molecule has 0 fully saturated rings. The predicted molar refractivity (Wildman–Crippen MR) is 83.6 cm³/mol. The first-order chi connectivity index (χ1) is 10.7. The van der Waals surface area contributed by atoms with Gasteiger partial charge in [-0.2, -0.15) is 0 Å². The molecular formula is C17H17NO4. The van der Waals surface area contributed by atoms with Crippen LogP contribution in [-0.2, 0) is 0 Å². The maximum Gasteiger partial charge on any atom is 0.337 e. The summed E-state index contributed by atoms with van der Waals surface area (Å²) < 4.78 is 11.4. The van der Waals surface area contributed by atoms with Gasteiger partial charge < -0.3 is 19.9 Å². The minimum atomic E-state index is -0.994. The molecule has 1 aliphatic heterocycles. The number of ether oxygens (including phenoxy) is 2. The lowest BCUT2D eigenvalue weighted by Gasteiger charge is -2.23. The van der Waals surface area contributed by atoms with Crippen molar-refractivity contribution in [2.45, 2.75) is 19.8 Å². The second-order valence-electron chi connectivity index (χ2n) is 5.07. The van der Waals surface area contributed by atoms with Gasteiger partial charge in [-0.15, -0.1) is 0 Å². The molecule has 0 atom stereocenters. The first-order valence-electron chi connectivity index (χ1n) is 7.27. The van der Waals surface area contributed by atoms with Crippen LogP contribution in [0.15, 0.2) is 36.4 Å². The van der Waals surface area contributed by atoms with Crippen molar-refractivity contribution in [2.24, 2.45) is 0 Å². The summed E-state index contributed by atoms with van der Waals surface area (Å²) in [6.07, 6.45) is 2.06. The largest absolute Gasteiger partial charge is 0.494 e. The highest BCUT2D eigenvalue weighted by Gasteiger charge is 2.22. The van der Waals surface area contributed by atoms with E-state index < -0.39 is 5.97 Å². The average molecular weight is 299 g/mol. The normalized spacial score (nSPS) is 11.7. The third kappa shape index (κ3) is 2.70. The number of rotatable bonds is 5. The Kier molecular flexibility index (Phi) is 3.87. The Balaban J connectivity index is 1.88. The number of carbonyl (C=O) groups is 1. The lowest BCUT2D eigenvalue weighted by atomic mass is 10.1. The molecule has 2 N–H and O–H groups in total. The summed E-state index contributed by atoms with van der Waals surface area (Å²) in [6, 6.07) is 10.4. The summed E-state index contributed by atoms with van der Waals surface area (Å²) in [7, 11) is 0. The van der Waals surface area contributed by atoms with E-state index in [4.69, 9.17) is 9.47 Å². The van der Waals surface area contributed by atoms with Gasteiger partial charge in [-0.25, -0.2) is 4.79 Å². The molecule has 0 amide bonds. The predicted octanol–water partition coefficient (Wildman–Crippen LogP) is 4.41. The minimum Gasteiger partial charge on any atom is -0.494 e. The van der Waals surface area contributed by atoms with Gasteiger partial charge in [0.2, 0.25) is 0 Å². The highest BCUT2D eigenvalue weighted by molar-refractivity contribution is 5.98. The van der Waals surface area contributed by atoms with Crippen molar-refractivity contribution in [3.63, 3.8) is 0 Å². The maximum atomic E-state index is 11.3. The van der Waals surface area contributed by atoms with Crippen LogP contribution in [0.1, 0.15) is 30.1 Å². The van der Waals surface area contributed by atoms with E-state index in [0.29, 0.717) is 29.5 Å². The molecule has 0 unspecified atom stereocenters. The van der Waals surface area contributed by atoms with Gasteiger partial charge in [0.25, 0.3) is 0 Å². The molecule has 2 aromatic rings. The molecule has 1 heterocycles. The van der Waals surface area contributed by atoms with Crippen molar-refractivity contribution < 1.29 is 19.4 Å². The Morgan fingerprint density at radius 3 is 2.91 bits per heavy atom. The molecular weight excluding hydrogens is 282 g/mol. The van der Waals surface area contributed by atoms with Gasteiger partial charge in [0, 0.05) is 6.07 Å².